The van der Waals surface area contributed by atoms with Gasteiger partial charge in [-0.25, -0.2) is 0 Å². The molecule has 1 heterocycles. The molecule has 124 valence electrons. The van der Waals surface area contributed by atoms with Crippen LogP contribution < -0.4 is 0 Å². The van der Waals surface area contributed by atoms with E-state index < -0.39 is 0 Å². The van der Waals surface area contributed by atoms with Crippen LogP contribution in [0.25, 0.3) is 21.3 Å². The van der Waals surface area contributed by atoms with Crippen LogP contribution in [0.3, 0.4) is 0 Å². The summed E-state index contributed by atoms with van der Waals surface area (Å²) in [5.74, 6) is -0.292. The fraction of sp³-hybridized carbons (Fsp3) is 0.150. The summed E-state index contributed by atoms with van der Waals surface area (Å²) in [6, 6.07) is 17.8. The zero-order chi connectivity index (χ0) is 17.8. The monoisotopic (exact) mass is 396 g/mol. The number of benzene rings is 2. The molecule has 0 spiro atoms. The van der Waals surface area contributed by atoms with Crippen molar-refractivity contribution in [3.8, 4) is 27.3 Å². The van der Waals surface area contributed by atoms with Gasteiger partial charge in [-0.15, -0.1) is 0 Å². The number of aromatic nitrogens is 1. The number of carbonyl (C=O) groups is 1. The summed E-state index contributed by atoms with van der Waals surface area (Å²) in [4.78, 5) is 16.5. The second kappa shape index (κ2) is 7.48. The Hall–Kier alpha value is -2.67. The molecule has 0 saturated carbocycles. The molecule has 1 aromatic heterocycles. The molecule has 5 heteroatoms. The topological polar surface area (TPSA) is 63.0 Å². The van der Waals surface area contributed by atoms with Crippen molar-refractivity contribution in [2.45, 2.75) is 13.8 Å². The molecule has 3 rings (SSSR count). The molecule has 0 radical (unpaired) electrons. The normalized spacial score (nSPS) is 10.3. The molecule has 0 aliphatic carbocycles. The van der Waals surface area contributed by atoms with Gasteiger partial charge in [-0.2, -0.15) is 0 Å². The summed E-state index contributed by atoms with van der Waals surface area (Å²) in [7, 11) is 0. The van der Waals surface area contributed by atoms with Crippen molar-refractivity contribution in [1.82, 2.24) is 4.98 Å². The van der Waals surface area contributed by atoms with Gasteiger partial charge in [0.05, 0.1) is 0 Å². The fourth-order valence-corrected chi connectivity index (χ4v) is 4.55. The zero-order valence-corrected chi connectivity index (χ0v) is 15.7. The molecule has 0 fully saturated rings. The van der Waals surface area contributed by atoms with E-state index in [9.17, 15) is 10.1 Å². The Morgan fingerprint density at radius 3 is 2.64 bits per heavy atom. The third kappa shape index (κ3) is 3.56. The van der Waals surface area contributed by atoms with Crippen LogP contribution in [0, 0.1) is 18.3 Å². The third-order valence-corrected chi connectivity index (χ3v) is 6.22. The average Bonchev–Trinajstić information content (AvgIpc) is 3.04. The number of nitrogens with zero attached hydrogens (tertiary/aromatic N) is 2. The van der Waals surface area contributed by atoms with Crippen LogP contribution in [0.2, 0.25) is 0 Å². The molecule has 4 nitrogen and oxygen atoms in total. The first kappa shape index (κ1) is 17.2. The number of hydrogen-bond donors (Lipinski definition) is 0. The van der Waals surface area contributed by atoms with E-state index in [-0.39, 0.29) is 20.5 Å². The number of ether oxygens (including phenoxy) is 1. The summed E-state index contributed by atoms with van der Waals surface area (Å²) >= 11 is -0.211. The molecule has 3 aromatic rings. The second-order valence-corrected chi connectivity index (χ2v) is 7.49. The van der Waals surface area contributed by atoms with Crippen molar-refractivity contribution < 1.29 is 9.53 Å². The van der Waals surface area contributed by atoms with Gasteiger partial charge in [0.25, 0.3) is 0 Å². The molecule has 0 N–H and O–H groups in total. The Kier molecular flexibility index (Phi) is 5.13. The van der Waals surface area contributed by atoms with Crippen LogP contribution >= 0.6 is 0 Å². The van der Waals surface area contributed by atoms with E-state index in [0.717, 1.165) is 21.3 Å². The summed E-state index contributed by atoms with van der Waals surface area (Å²) in [6.45, 7) is 3.97. The van der Waals surface area contributed by atoms with E-state index in [0.29, 0.717) is 22.3 Å². The van der Waals surface area contributed by atoms with Gasteiger partial charge in [0.2, 0.25) is 0 Å². The first-order chi connectivity index (χ1) is 12.1. The van der Waals surface area contributed by atoms with E-state index in [2.05, 4.69) is 11.1 Å². The Labute approximate surface area is 152 Å². The maximum atomic E-state index is 12.0. The van der Waals surface area contributed by atoms with E-state index in [1.807, 2.05) is 55.5 Å². The number of aryl methyl sites for hydroxylation is 1. The minimum absolute atomic E-state index is 0.211. The Balaban J connectivity index is 2.01. The molecule has 0 aliphatic heterocycles. The third-order valence-electron chi connectivity index (χ3n) is 3.73. The first-order valence-corrected chi connectivity index (χ1v) is 9.59. The Bertz CT molecular complexity index is 956. The molecule has 25 heavy (non-hydrogen) atoms. The van der Waals surface area contributed by atoms with Crippen molar-refractivity contribution in [1.29, 1.82) is 5.26 Å². The molecule has 0 aliphatic rings. The molecular formula is C20H16N2O2Se. The van der Waals surface area contributed by atoms with Gasteiger partial charge in [0.15, 0.2) is 0 Å². The van der Waals surface area contributed by atoms with Gasteiger partial charge >= 0.3 is 152 Å². The molecule has 0 saturated heterocycles. The standard InChI is InChI=1S/C20H16N2O2Se/c1-3-24-20(23)18-13(2)22-19(25-18)15-9-10-17(16(11-15)12-21)14-7-5-4-6-8-14/h4-11H,3H2,1-2H3. The van der Waals surface area contributed by atoms with Gasteiger partial charge in [0, 0.05) is 0 Å². The number of hydrogen-bond acceptors (Lipinski definition) is 4. The van der Waals surface area contributed by atoms with Crippen LogP contribution in [0.5, 0.6) is 0 Å². The second-order valence-electron chi connectivity index (χ2n) is 5.39. The number of esters is 1. The van der Waals surface area contributed by atoms with Crippen LogP contribution in [0.1, 0.15) is 27.4 Å². The van der Waals surface area contributed by atoms with Crippen molar-refractivity contribution in [2.24, 2.45) is 0 Å². The molecule has 0 atom stereocenters. The van der Waals surface area contributed by atoms with Crippen LogP contribution in [0.4, 0.5) is 0 Å². The van der Waals surface area contributed by atoms with Crippen LogP contribution in [-0.4, -0.2) is 32.1 Å². The first-order valence-electron chi connectivity index (χ1n) is 7.88. The summed E-state index contributed by atoms with van der Waals surface area (Å²) in [5, 5.41) is 9.54. The van der Waals surface area contributed by atoms with E-state index in [4.69, 9.17) is 4.74 Å². The molecule has 2 aromatic carbocycles. The van der Waals surface area contributed by atoms with Crippen molar-refractivity contribution in [3.05, 3.63) is 64.2 Å². The van der Waals surface area contributed by atoms with Crippen LogP contribution in [0.15, 0.2) is 48.5 Å². The van der Waals surface area contributed by atoms with Crippen molar-refractivity contribution >= 4 is 20.5 Å². The number of carbonyl (C=O) groups excluding carboxylic acids is 1. The zero-order valence-electron chi connectivity index (χ0n) is 13.9. The number of rotatable bonds is 4. The minimum atomic E-state index is -0.292. The fourth-order valence-electron chi connectivity index (χ4n) is 2.55. The van der Waals surface area contributed by atoms with Crippen molar-refractivity contribution in [2.75, 3.05) is 6.61 Å². The van der Waals surface area contributed by atoms with E-state index in [1.165, 1.54) is 0 Å². The molecule has 0 unspecified atom stereocenters. The number of nitriles is 1. The van der Waals surface area contributed by atoms with Crippen LogP contribution in [-0.2, 0) is 4.74 Å². The molecule has 0 amide bonds. The van der Waals surface area contributed by atoms with E-state index in [1.54, 1.807) is 6.92 Å². The van der Waals surface area contributed by atoms with Gasteiger partial charge in [-0.1, -0.05) is 0 Å². The summed E-state index contributed by atoms with van der Waals surface area (Å²) in [6.07, 6.45) is 0. The van der Waals surface area contributed by atoms with Gasteiger partial charge in [0.1, 0.15) is 0 Å². The maximum absolute atomic E-state index is 12.0. The molecular weight excluding hydrogens is 379 g/mol. The van der Waals surface area contributed by atoms with Gasteiger partial charge in [-0.05, 0) is 0 Å². The summed E-state index contributed by atoms with van der Waals surface area (Å²) in [5.41, 5.74) is 4.10. The predicted molar refractivity (Wildman–Crippen MR) is 97.5 cm³/mol. The summed E-state index contributed by atoms with van der Waals surface area (Å²) < 4.78 is 6.59. The SMILES string of the molecule is CCOC(=O)c1[se]c(-c2ccc(-c3ccccc3)c(C#N)c2)nc1C. The van der Waals surface area contributed by atoms with E-state index >= 15 is 0 Å². The average molecular weight is 395 g/mol. The molecule has 0 bridgehead atoms. The Morgan fingerprint density at radius 1 is 1.20 bits per heavy atom. The van der Waals surface area contributed by atoms with Gasteiger partial charge < -0.3 is 0 Å². The van der Waals surface area contributed by atoms with Crippen molar-refractivity contribution in [3.63, 3.8) is 0 Å². The van der Waals surface area contributed by atoms with Gasteiger partial charge in [-0.3, -0.25) is 0 Å². The quantitative estimate of drug-likeness (QED) is 0.498. The predicted octanol–water partition coefficient (Wildman–Crippen LogP) is 3.83. The Morgan fingerprint density at radius 2 is 1.96 bits per heavy atom.